The molecule has 0 unspecified atom stereocenters. The first kappa shape index (κ1) is 19.6. The topological polar surface area (TPSA) is 61.4 Å². The molecule has 0 aliphatic heterocycles. The van der Waals surface area contributed by atoms with E-state index in [1.807, 2.05) is 56.9 Å². The molecule has 0 saturated heterocycles. The SMILES string of the molecule is CCN(CC(=O)NC(C)C)CC(=O)N[C@H](C)c1ccc(Br)cc1. The van der Waals surface area contributed by atoms with Crippen LogP contribution in [-0.4, -0.2) is 42.4 Å². The minimum atomic E-state index is -0.0837. The van der Waals surface area contributed by atoms with E-state index in [0.29, 0.717) is 6.54 Å². The fraction of sp³-hybridized carbons (Fsp3) is 0.529. The zero-order valence-corrected chi connectivity index (χ0v) is 15.8. The van der Waals surface area contributed by atoms with Crippen LogP contribution in [0.1, 0.15) is 39.3 Å². The highest BCUT2D eigenvalue weighted by atomic mass is 79.9. The van der Waals surface area contributed by atoms with Gasteiger partial charge in [-0.05, 0) is 45.0 Å². The van der Waals surface area contributed by atoms with Crippen molar-refractivity contribution >= 4 is 27.7 Å². The molecule has 0 heterocycles. The van der Waals surface area contributed by atoms with Gasteiger partial charge in [-0.1, -0.05) is 35.0 Å². The fourth-order valence-electron chi connectivity index (χ4n) is 2.18. The number of likely N-dealkylation sites (N-methyl/N-ethyl adjacent to an activating group) is 1. The summed E-state index contributed by atoms with van der Waals surface area (Å²) in [7, 11) is 0. The predicted octanol–water partition coefficient (Wildman–Crippen LogP) is 2.47. The van der Waals surface area contributed by atoms with Gasteiger partial charge in [0.15, 0.2) is 0 Å². The third-order valence-electron chi connectivity index (χ3n) is 3.38. The fourth-order valence-corrected chi connectivity index (χ4v) is 2.44. The maximum Gasteiger partial charge on any atom is 0.234 e. The second kappa shape index (κ2) is 9.67. The maximum absolute atomic E-state index is 12.2. The highest BCUT2D eigenvalue weighted by molar-refractivity contribution is 9.10. The molecule has 0 aromatic heterocycles. The van der Waals surface area contributed by atoms with Crippen LogP contribution in [0.5, 0.6) is 0 Å². The number of carbonyl (C=O) groups excluding carboxylic acids is 2. The molecule has 1 aromatic carbocycles. The summed E-state index contributed by atoms with van der Waals surface area (Å²) in [5.74, 6) is -0.143. The van der Waals surface area contributed by atoms with Gasteiger partial charge in [0, 0.05) is 10.5 Å². The Morgan fingerprint density at radius 3 is 2.04 bits per heavy atom. The lowest BCUT2D eigenvalue weighted by Crippen LogP contribution is -2.44. The van der Waals surface area contributed by atoms with Crippen molar-refractivity contribution in [2.75, 3.05) is 19.6 Å². The lowest BCUT2D eigenvalue weighted by molar-refractivity contribution is -0.125. The van der Waals surface area contributed by atoms with E-state index in [1.54, 1.807) is 0 Å². The van der Waals surface area contributed by atoms with Crippen molar-refractivity contribution in [2.24, 2.45) is 0 Å². The molecule has 2 amide bonds. The smallest absolute Gasteiger partial charge is 0.234 e. The monoisotopic (exact) mass is 383 g/mol. The quantitative estimate of drug-likeness (QED) is 0.724. The van der Waals surface area contributed by atoms with E-state index in [0.717, 1.165) is 10.0 Å². The summed E-state index contributed by atoms with van der Waals surface area (Å²) >= 11 is 3.40. The minimum Gasteiger partial charge on any atom is -0.353 e. The first-order chi connectivity index (χ1) is 10.8. The molecule has 1 atom stereocenters. The molecule has 0 aliphatic carbocycles. The van der Waals surface area contributed by atoms with Gasteiger partial charge >= 0.3 is 0 Å². The third kappa shape index (κ3) is 7.61. The summed E-state index contributed by atoms with van der Waals surface area (Å²) in [5, 5.41) is 5.80. The Morgan fingerprint density at radius 2 is 1.57 bits per heavy atom. The summed E-state index contributed by atoms with van der Waals surface area (Å²) in [4.78, 5) is 25.8. The first-order valence-corrected chi connectivity index (χ1v) is 8.67. The van der Waals surface area contributed by atoms with Crippen molar-refractivity contribution in [3.05, 3.63) is 34.3 Å². The highest BCUT2D eigenvalue weighted by Crippen LogP contribution is 2.16. The number of carbonyl (C=O) groups is 2. The van der Waals surface area contributed by atoms with Gasteiger partial charge in [0.2, 0.25) is 11.8 Å². The van der Waals surface area contributed by atoms with Gasteiger partial charge in [-0.2, -0.15) is 0 Å². The molecule has 2 N–H and O–H groups in total. The lowest BCUT2D eigenvalue weighted by Gasteiger charge is -2.22. The molecular weight excluding hydrogens is 358 g/mol. The van der Waals surface area contributed by atoms with E-state index in [-0.39, 0.29) is 37.0 Å². The number of hydrogen-bond acceptors (Lipinski definition) is 3. The van der Waals surface area contributed by atoms with E-state index in [9.17, 15) is 9.59 Å². The van der Waals surface area contributed by atoms with E-state index < -0.39 is 0 Å². The standard InChI is InChI=1S/C17H26BrN3O2/c1-5-21(10-16(22)19-12(2)3)11-17(23)20-13(4)14-6-8-15(18)9-7-14/h6-9,12-13H,5,10-11H2,1-4H3,(H,19,22)(H,20,23)/t13-/m1/s1. The average Bonchev–Trinajstić information content (AvgIpc) is 2.46. The van der Waals surface area contributed by atoms with Gasteiger partial charge < -0.3 is 10.6 Å². The van der Waals surface area contributed by atoms with E-state index >= 15 is 0 Å². The first-order valence-electron chi connectivity index (χ1n) is 7.88. The predicted molar refractivity (Wildman–Crippen MR) is 96.1 cm³/mol. The lowest BCUT2D eigenvalue weighted by atomic mass is 10.1. The molecule has 1 rings (SSSR count). The van der Waals surface area contributed by atoms with Crippen molar-refractivity contribution in [1.29, 1.82) is 0 Å². The molecule has 0 fully saturated rings. The number of hydrogen-bond donors (Lipinski definition) is 2. The molecule has 0 bridgehead atoms. The number of nitrogens with zero attached hydrogens (tertiary/aromatic N) is 1. The van der Waals surface area contributed by atoms with Crippen LogP contribution in [0.4, 0.5) is 0 Å². The molecule has 128 valence electrons. The highest BCUT2D eigenvalue weighted by Gasteiger charge is 2.15. The molecule has 0 saturated carbocycles. The molecule has 23 heavy (non-hydrogen) atoms. The average molecular weight is 384 g/mol. The Hall–Kier alpha value is -1.40. The summed E-state index contributed by atoms with van der Waals surface area (Å²) in [6, 6.07) is 7.89. The molecule has 0 aliphatic rings. The maximum atomic E-state index is 12.2. The summed E-state index contributed by atoms with van der Waals surface area (Å²) in [6.07, 6.45) is 0. The van der Waals surface area contributed by atoms with E-state index in [4.69, 9.17) is 0 Å². The molecule has 5 nitrogen and oxygen atoms in total. The Kier molecular flexibility index (Phi) is 8.26. The van der Waals surface area contributed by atoms with Crippen LogP contribution in [0, 0.1) is 0 Å². The van der Waals surface area contributed by atoms with Crippen molar-refractivity contribution in [2.45, 2.75) is 39.8 Å². The minimum absolute atomic E-state index is 0.0596. The van der Waals surface area contributed by atoms with Crippen LogP contribution in [0.3, 0.4) is 0 Å². The van der Waals surface area contributed by atoms with Gasteiger partial charge in [-0.15, -0.1) is 0 Å². The van der Waals surface area contributed by atoms with Crippen molar-refractivity contribution in [3.63, 3.8) is 0 Å². The number of rotatable bonds is 8. The zero-order chi connectivity index (χ0) is 17.4. The van der Waals surface area contributed by atoms with Crippen molar-refractivity contribution in [1.82, 2.24) is 15.5 Å². The number of benzene rings is 1. The second-order valence-electron chi connectivity index (χ2n) is 5.87. The van der Waals surface area contributed by atoms with Gasteiger partial charge in [0.1, 0.15) is 0 Å². The largest absolute Gasteiger partial charge is 0.353 e. The van der Waals surface area contributed by atoms with Crippen LogP contribution >= 0.6 is 15.9 Å². The van der Waals surface area contributed by atoms with E-state index in [2.05, 4.69) is 26.6 Å². The van der Waals surface area contributed by atoms with Gasteiger partial charge in [0.05, 0.1) is 19.1 Å². The van der Waals surface area contributed by atoms with Gasteiger partial charge in [-0.3, -0.25) is 14.5 Å². The Balaban J connectivity index is 2.49. The Morgan fingerprint density at radius 1 is 1.04 bits per heavy atom. The molecule has 1 aromatic rings. The Labute approximate surface area is 146 Å². The third-order valence-corrected chi connectivity index (χ3v) is 3.91. The van der Waals surface area contributed by atoms with Crippen molar-refractivity contribution in [3.8, 4) is 0 Å². The molecule has 0 radical (unpaired) electrons. The van der Waals surface area contributed by atoms with Crippen LogP contribution < -0.4 is 10.6 Å². The number of halogens is 1. The molecule has 6 heteroatoms. The summed E-state index contributed by atoms with van der Waals surface area (Å²) < 4.78 is 1.01. The van der Waals surface area contributed by atoms with Gasteiger partial charge in [0.25, 0.3) is 0 Å². The van der Waals surface area contributed by atoms with E-state index in [1.165, 1.54) is 0 Å². The van der Waals surface area contributed by atoms with Crippen LogP contribution in [-0.2, 0) is 9.59 Å². The normalized spacial score (nSPS) is 12.3. The molecule has 0 spiro atoms. The van der Waals surface area contributed by atoms with Crippen LogP contribution in [0.2, 0.25) is 0 Å². The zero-order valence-electron chi connectivity index (χ0n) is 14.2. The number of nitrogens with one attached hydrogen (secondary N) is 2. The second-order valence-corrected chi connectivity index (χ2v) is 6.78. The number of amides is 2. The van der Waals surface area contributed by atoms with Crippen LogP contribution in [0.25, 0.3) is 0 Å². The Bertz CT molecular complexity index is 517. The van der Waals surface area contributed by atoms with Crippen molar-refractivity contribution < 1.29 is 9.59 Å². The van der Waals surface area contributed by atoms with Crippen LogP contribution in [0.15, 0.2) is 28.7 Å². The molecular formula is C17H26BrN3O2. The van der Waals surface area contributed by atoms with Gasteiger partial charge in [-0.25, -0.2) is 0 Å². The summed E-state index contributed by atoms with van der Waals surface area (Å²) in [5.41, 5.74) is 1.04. The summed E-state index contributed by atoms with van der Waals surface area (Å²) in [6.45, 7) is 8.81.